The maximum atomic E-state index is 13.0. The summed E-state index contributed by atoms with van der Waals surface area (Å²) in [6.45, 7) is -0.422. The number of aromatic nitrogens is 2. The number of carbonyl (C=O) groups excluding carboxylic acids is 1. The van der Waals surface area contributed by atoms with Crippen molar-refractivity contribution in [3.05, 3.63) is 64.6 Å². The molecule has 11 heteroatoms. The molecule has 3 aromatic rings. The summed E-state index contributed by atoms with van der Waals surface area (Å²) in [7, 11) is 1.51. The molecule has 0 unspecified atom stereocenters. The highest BCUT2D eigenvalue weighted by molar-refractivity contribution is 6.31. The molecule has 0 aliphatic rings. The fraction of sp³-hybridized carbons (Fsp3) is 0.190. The number of aliphatic hydroxyl groups excluding tert-OH is 1. The number of nitrogens with zero attached hydrogens (tertiary/aromatic N) is 3. The highest BCUT2D eigenvalue weighted by Gasteiger charge is 2.33. The van der Waals surface area contributed by atoms with Crippen LogP contribution in [0.15, 0.2) is 48.2 Å². The van der Waals surface area contributed by atoms with E-state index in [9.17, 15) is 28.3 Å². The number of H-pyrrole nitrogens is 1. The molecule has 0 saturated carbocycles. The molecule has 3 rings (SSSR count). The van der Waals surface area contributed by atoms with Crippen molar-refractivity contribution in [2.24, 2.45) is 0 Å². The van der Waals surface area contributed by atoms with Gasteiger partial charge in [-0.15, -0.1) is 0 Å². The second kappa shape index (κ2) is 9.30. The number of alkyl halides is 3. The molecule has 0 fully saturated rings. The average molecular weight is 464 g/mol. The minimum Gasteiger partial charge on any atom is -0.509 e. The van der Waals surface area contributed by atoms with Crippen molar-refractivity contribution in [3.63, 3.8) is 0 Å². The lowest BCUT2D eigenvalue weighted by molar-refractivity contribution is -0.137. The molecule has 3 N–H and O–H groups in total. The largest absolute Gasteiger partial charge is 0.509 e. The number of aromatic amines is 1. The number of halogens is 4. The Hall–Kier alpha value is -3.55. The van der Waals surface area contributed by atoms with Crippen LogP contribution >= 0.6 is 11.6 Å². The van der Waals surface area contributed by atoms with Crippen molar-refractivity contribution in [2.75, 3.05) is 25.5 Å². The Bertz CT molecular complexity index is 1200. The molecule has 2 aromatic carbocycles. The molecule has 0 bridgehead atoms. The van der Waals surface area contributed by atoms with Gasteiger partial charge in [0.15, 0.2) is 5.82 Å². The van der Waals surface area contributed by atoms with Crippen LogP contribution in [0.3, 0.4) is 0 Å². The zero-order valence-electron chi connectivity index (χ0n) is 16.7. The number of nitrogens with one attached hydrogen (secondary N) is 2. The fourth-order valence-corrected chi connectivity index (χ4v) is 3.21. The third-order valence-corrected chi connectivity index (χ3v) is 4.74. The second-order valence-electron chi connectivity index (χ2n) is 6.95. The quantitative estimate of drug-likeness (QED) is 0.366. The molecule has 1 aromatic heterocycles. The first-order valence-corrected chi connectivity index (χ1v) is 9.58. The normalized spacial score (nSPS) is 12.5. The van der Waals surface area contributed by atoms with Gasteiger partial charge in [0.1, 0.15) is 17.4 Å². The zero-order chi connectivity index (χ0) is 23.5. The second-order valence-corrected chi connectivity index (χ2v) is 7.36. The number of carbonyl (C=O) groups is 1. The number of rotatable bonds is 6. The van der Waals surface area contributed by atoms with Crippen molar-refractivity contribution >= 4 is 39.8 Å². The predicted molar refractivity (Wildman–Crippen MR) is 114 cm³/mol. The van der Waals surface area contributed by atoms with E-state index in [0.717, 1.165) is 12.1 Å². The van der Waals surface area contributed by atoms with Gasteiger partial charge in [-0.1, -0.05) is 23.7 Å². The van der Waals surface area contributed by atoms with Gasteiger partial charge in [0.2, 0.25) is 5.91 Å². The first-order chi connectivity index (χ1) is 15.1. The van der Waals surface area contributed by atoms with E-state index in [4.69, 9.17) is 11.6 Å². The molecule has 1 amide bonds. The Balaban J connectivity index is 1.68. The van der Waals surface area contributed by atoms with Gasteiger partial charge in [0.25, 0.3) is 0 Å². The Kier molecular flexibility index (Phi) is 6.72. The van der Waals surface area contributed by atoms with Crippen LogP contribution < -0.4 is 5.32 Å². The van der Waals surface area contributed by atoms with Crippen LogP contribution in [0.2, 0.25) is 5.02 Å². The van der Waals surface area contributed by atoms with Gasteiger partial charge in [-0.2, -0.15) is 18.4 Å². The monoisotopic (exact) mass is 463 g/mol. The number of hydrogen-bond donors (Lipinski definition) is 3. The van der Waals surface area contributed by atoms with Crippen molar-refractivity contribution in [1.29, 1.82) is 5.26 Å². The van der Waals surface area contributed by atoms with Crippen LogP contribution in [0.4, 0.5) is 18.9 Å². The molecule has 0 radical (unpaired) electrons. The van der Waals surface area contributed by atoms with E-state index in [-0.39, 0.29) is 35.9 Å². The van der Waals surface area contributed by atoms with Gasteiger partial charge >= 0.3 is 6.18 Å². The first kappa shape index (κ1) is 23.1. The fourth-order valence-electron chi connectivity index (χ4n) is 2.98. The van der Waals surface area contributed by atoms with Gasteiger partial charge in [-0.05, 0) is 37.4 Å². The summed E-state index contributed by atoms with van der Waals surface area (Å²) in [6.07, 6.45) is -4.66. The summed E-state index contributed by atoms with van der Waals surface area (Å²) in [5.74, 6) is -0.740. The molecule has 32 heavy (non-hydrogen) atoms. The Morgan fingerprint density at radius 2 is 2.00 bits per heavy atom. The molecular formula is C21H17ClF3N5O2. The van der Waals surface area contributed by atoms with Crippen molar-refractivity contribution in [2.45, 2.75) is 6.18 Å². The standard InChI is InChI=1S/C21H17ClF3N5O2/c1-30(11-19(32)27-12-6-7-15(22)14(8-12)21(23,24)25)10-18(31)13(9-26)20-28-16-4-2-3-5-17(16)29-20/h2-8,31H,10-11H2,1H3,(H,27,32)(H,28,29). The van der Waals surface area contributed by atoms with Gasteiger partial charge in [0, 0.05) is 5.69 Å². The Morgan fingerprint density at radius 1 is 1.28 bits per heavy atom. The summed E-state index contributed by atoms with van der Waals surface area (Å²) < 4.78 is 38.9. The van der Waals surface area contributed by atoms with Crippen LogP contribution in [0.1, 0.15) is 11.4 Å². The molecule has 0 spiro atoms. The summed E-state index contributed by atoms with van der Waals surface area (Å²) in [5.41, 5.74) is 0.102. The number of allylic oxidation sites excluding steroid dienone is 1. The number of anilines is 1. The van der Waals surface area contributed by atoms with Crippen molar-refractivity contribution < 1.29 is 23.1 Å². The summed E-state index contributed by atoms with van der Waals surface area (Å²) >= 11 is 5.57. The minimum absolute atomic E-state index is 0.0696. The van der Waals surface area contributed by atoms with E-state index in [1.165, 1.54) is 18.0 Å². The van der Waals surface area contributed by atoms with Gasteiger partial charge in [-0.25, -0.2) is 4.98 Å². The van der Waals surface area contributed by atoms with Crippen molar-refractivity contribution in [3.8, 4) is 6.07 Å². The number of fused-ring (bicyclic) bond motifs is 1. The lowest BCUT2D eigenvalue weighted by atomic mass is 10.2. The third-order valence-electron chi connectivity index (χ3n) is 4.42. The lowest BCUT2D eigenvalue weighted by Crippen LogP contribution is -2.32. The maximum Gasteiger partial charge on any atom is 0.417 e. The van der Waals surface area contributed by atoms with Crippen LogP contribution in [-0.4, -0.2) is 46.0 Å². The van der Waals surface area contributed by atoms with Gasteiger partial charge in [-0.3, -0.25) is 9.69 Å². The molecule has 0 saturated heterocycles. The summed E-state index contributed by atoms with van der Waals surface area (Å²) in [6, 6.07) is 12.0. The third kappa shape index (κ3) is 5.38. The summed E-state index contributed by atoms with van der Waals surface area (Å²) in [4.78, 5) is 20.8. The zero-order valence-corrected chi connectivity index (χ0v) is 17.4. The van der Waals surface area contributed by atoms with Crippen molar-refractivity contribution in [1.82, 2.24) is 14.9 Å². The summed E-state index contributed by atoms with van der Waals surface area (Å²) in [5, 5.41) is 21.7. The number of imidazole rings is 1. The van der Waals surface area contributed by atoms with E-state index < -0.39 is 22.7 Å². The molecule has 0 atom stereocenters. The topological polar surface area (TPSA) is 105 Å². The predicted octanol–water partition coefficient (Wildman–Crippen LogP) is 4.60. The number of nitriles is 1. The first-order valence-electron chi connectivity index (χ1n) is 9.21. The molecular weight excluding hydrogens is 447 g/mol. The van der Waals surface area contributed by atoms with E-state index in [0.29, 0.717) is 11.0 Å². The number of para-hydroxylation sites is 2. The number of amides is 1. The van der Waals surface area contributed by atoms with E-state index >= 15 is 0 Å². The SMILES string of the molecule is CN(CC(=O)Nc1ccc(Cl)c(C(F)(F)F)c1)CC(O)=C(C#N)c1nc2ccccc2[nH]1. The Labute approximate surface area is 185 Å². The van der Waals surface area contributed by atoms with E-state index in [1.807, 2.05) is 6.07 Å². The lowest BCUT2D eigenvalue weighted by Gasteiger charge is -2.17. The number of aliphatic hydroxyl groups is 1. The number of likely N-dealkylation sites (N-methyl/N-ethyl adjacent to an activating group) is 1. The Morgan fingerprint density at radius 3 is 2.66 bits per heavy atom. The highest BCUT2D eigenvalue weighted by Crippen LogP contribution is 2.36. The average Bonchev–Trinajstić information content (AvgIpc) is 3.12. The van der Waals surface area contributed by atoms with Crippen LogP contribution in [0, 0.1) is 11.3 Å². The van der Waals surface area contributed by atoms with E-state index in [2.05, 4.69) is 15.3 Å². The highest BCUT2D eigenvalue weighted by atomic mass is 35.5. The van der Waals surface area contributed by atoms with Crippen LogP contribution in [-0.2, 0) is 11.0 Å². The molecule has 0 aliphatic heterocycles. The number of hydrogen-bond acceptors (Lipinski definition) is 5. The molecule has 1 heterocycles. The molecule has 7 nitrogen and oxygen atoms in total. The maximum absolute atomic E-state index is 13.0. The smallest absolute Gasteiger partial charge is 0.417 e. The van der Waals surface area contributed by atoms with Crippen LogP contribution in [0.5, 0.6) is 0 Å². The number of benzene rings is 2. The van der Waals surface area contributed by atoms with Crippen LogP contribution in [0.25, 0.3) is 16.6 Å². The minimum atomic E-state index is -4.66. The van der Waals surface area contributed by atoms with Gasteiger partial charge < -0.3 is 15.4 Å². The van der Waals surface area contributed by atoms with Gasteiger partial charge in [0.05, 0.1) is 34.7 Å². The van der Waals surface area contributed by atoms with E-state index in [1.54, 1.807) is 24.3 Å². The molecule has 166 valence electrons. The molecule has 0 aliphatic carbocycles.